The first kappa shape index (κ1) is 11.0. The molecule has 14 heavy (non-hydrogen) atoms. The number of hydrogen-bond donors (Lipinski definition) is 2. The zero-order valence-electron chi connectivity index (χ0n) is 8.62. The molecule has 0 radical (unpaired) electrons. The van der Waals surface area contributed by atoms with Gasteiger partial charge in [0.2, 0.25) is 5.91 Å². The largest absolute Gasteiger partial charge is 0.481 e. The summed E-state index contributed by atoms with van der Waals surface area (Å²) in [7, 11) is 0. The van der Waals surface area contributed by atoms with E-state index in [2.05, 4.69) is 5.32 Å². The van der Waals surface area contributed by atoms with Crippen molar-refractivity contribution in [2.45, 2.75) is 39.2 Å². The Morgan fingerprint density at radius 3 is 2.50 bits per heavy atom. The third-order valence-corrected chi connectivity index (χ3v) is 2.71. The summed E-state index contributed by atoms with van der Waals surface area (Å²) in [5.41, 5.74) is 0. The molecule has 0 aliphatic heterocycles. The van der Waals surface area contributed by atoms with E-state index >= 15 is 0 Å². The van der Waals surface area contributed by atoms with Crippen LogP contribution in [0.4, 0.5) is 0 Å². The standard InChI is InChI=1S/C10H17NO3/c1-3-7(5-9(12)13)11-10(14)8-4-6(8)2/h6-8H,3-5H2,1-2H3,(H,11,14)(H,12,13). The quantitative estimate of drug-likeness (QED) is 0.694. The summed E-state index contributed by atoms with van der Waals surface area (Å²) in [5.74, 6) is -0.248. The van der Waals surface area contributed by atoms with Crippen LogP contribution in [-0.2, 0) is 9.59 Å². The average Bonchev–Trinajstić information content (AvgIpc) is 2.80. The van der Waals surface area contributed by atoms with E-state index in [-0.39, 0.29) is 24.3 Å². The summed E-state index contributed by atoms with van der Waals surface area (Å²) >= 11 is 0. The number of aliphatic carboxylic acids is 1. The molecule has 1 aliphatic rings. The topological polar surface area (TPSA) is 66.4 Å². The van der Waals surface area contributed by atoms with Gasteiger partial charge in [0.15, 0.2) is 0 Å². The summed E-state index contributed by atoms with van der Waals surface area (Å²) in [4.78, 5) is 21.9. The van der Waals surface area contributed by atoms with E-state index < -0.39 is 5.97 Å². The Morgan fingerprint density at radius 2 is 2.14 bits per heavy atom. The van der Waals surface area contributed by atoms with Crippen LogP contribution in [0, 0.1) is 11.8 Å². The van der Waals surface area contributed by atoms with Gasteiger partial charge in [0.1, 0.15) is 0 Å². The minimum absolute atomic E-state index is 0.0172. The Morgan fingerprint density at radius 1 is 1.57 bits per heavy atom. The molecule has 0 spiro atoms. The molecule has 0 saturated heterocycles. The first-order valence-corrected chi connectivity index (χ1v) is 5.06. The van der Waals surface area contributed by atoms with E-state index in [1.807, 2.05) is 13.8 Å². The Hall–Kier alpha value is -1.06. The Labute approximate surface area is 83.7 Å². The van der Waals surface area contributed by atoms with Crippen molar-refractivity contribution in [3.05, 3.63) is 0 Å². The van der Waals surface area contributed by atoms with Gasteiger partial charge in [-0.2, -0.15) is 0 Å². The highest BCUT2D eigenvalue weighted by Gasteiger charge is 2.39. The summed E-state index contributed by atoms with van der Waals surface area (Å²) < 4.78 is 0. The van der Waals surface area contributed by atoms with Crippen molar-refractivity contribution in [2.75, 3.05) is 0 Å². The molecule has 0 aromatic carbocycles. The van der Waals surface area contributed by atoms with E-state index in [0.717, 1.165) is 6.42 Å². The lowest BCUT2D eigenvalue weighted by molar-refractivity contribution is -0.137. The molecule has 3 unspecified atom stereocenters. The average molecular weight is 199 g/mol. The molecule has 1 saturated carbocycles. The number of carboxylic acid groups (broad SMARTS) is 1. The Bertz CT molecular complexity index is 240. The van der Waals surface area contributed by atoms with Crippen molar-refractivity contribution < 1.29 is 14.7 Å². The Kier molecular flexibility index (Phi) is 3.49. The van der Waals surface area contributed by atoms with E-state index in [4.69, 9.17) is 5.11 Å². The normalized spacial score (nSPS) is 26.7. The lowest BCUT2D eigenvalue weighted by atomic mass is 10.1. The third kappa shape index (κ3) is 3.01. The molecule has 0 aromatic heterocycles. The van der Waals surface area contributed by atoms with Crippen molar-refractivity contribution in [3.63, 3.8) is 0 Å². The van der Waals surface area contributed by atoms with Gasteiger partial charge in [0.05, 0.1) is 6.42 Å². The number of hydrogen-bond acceptors (Lipinski definition) is 2. The molecule has 4 nitrogen and oxygen atoms in total. The van der Waals surface area contributed by atoms with E-state index in [1.54, 1.807) is 0 Å². The second-order valence-corrected chi connectivity index (χ2v) is 4.03. The Balaban J connectivity index is 2.32. The van der Waals surface area contributed by atoms with Gasteiger partial charge < -0.3 is 10.4 Å². The molecule has 0 aromatic rings. The highest BCUT2D eigenvalue weighted by molar-refractivity contribution is 5.82. The molecule has 1 rings (SSSR count). The van der Waals surface area contributed by atoms with Gasteiger partial charge in [0, 0.05) is 12.0 Å². The highest BCUT2D eigenvalue weighted by Crippen LogP contribution is 2.37. The number of carbonyl (C=O) groups excluding carboxylic acids is 1. The van der Waals surface area contributed by atoms with Gasteiger partial charge in [-0.3, -0.25) is 9.59 Å². The first-order chi connectivity index (χ1) is 6.54. The number of nitrogens with one attached hydrogen (secondary N) is 1. The molecule has 0 bridgehead atoms. The molecule has 4 heteroatoms. The van der Waals surface area contributed by atoms with Crippen LogP contribution >= 0.6 is 0 Å². The summed E-state index contributed by atoms with van der Waals surface area (Å²) in [6.07, 6.45) is 1.62. The molecule has 80 valence electrons. The fourth-order valence-corrected chi connectivity index (χ4v) is 1.50. The van der Waals surface area contributed by atoms with Crippen molar-refractivity contribution >= 4 is 11.9 Å². The van der Waals surface area contributed by atoms with Crippen LogP contribution in [0.1, 0.15) is 33.1 Å². The molecule has 2 N–H and O–H groups in total. The number of carboxylic acids is 1. The lowest BCUT2D eigenvalue weighted by Crippen LogP contribution is -2.37. The van der Waals surface area contributed by atoms with Gasteiger partial charge in [-0.15, -0.1) is 0 Å². The second kappa shape index (κ2) is 4.44. The van der Waals surface area contributed by atoms with Crippen LogP contribution in [-0.4, -0.2) is 23.0 Å². The van der Waals surface area contributed by atoms with Crippen molar-refractivity contribution in [3.8, 4) is 0 Å². The zero-order valence-corrected chi connectivity index (χ0v) is 8.62. The molecule has 1 amide bonds. The molecular weight excluding hydrogens is 182 g/mol. The van der Waals surface area contributed by atoms with Gasteiger partial charge in [-0.1, -0.05) is 13.8 Å². The summed E-state index contributed by atoms with van der Waals surface area (Å²) in [6.45, 7) is 3.91. The lowest BCUT2D eigenvalue weighted by Gasteiger charge is -2.14. The second-order valence-electron chi connectivity index (χ2n) is 4.03. The van der Waals surface area contributed by atoms with Crippen molar-refractivity contribution in [1.82, 2.24) is 5.32 Å². The minimum atomic E-state index is -0.860. The maximum atomic E-state index is 11.5. The van der Waals surface area contributed by atoms with E-state index in [0.29, 0.717) is 12.3 Å². The molecule has 1 aliphatic carbocycles. The maximum Gasteiger partial charge on any atom is 0.305 e. The van der Waals surface area contributed by atoms with Gasteiger partial charge in [-0.05, 0) is 18.8 Å². The fourth-order valence-electron chi connectivity index (χ4n) is 1.50. The smallest absolute Gasteiger partial charge is 0.305 e. The third-order valence-electron chi connectivity index (χ3n) is 2.71. The van der Waals surface area contributed by atoms with Crippen LogP contribution < -0.4 is 5.32 Å². The zero-order chi connectivity index (χ0) is 10.7. The van der Waals surface area contributed by atoms with Crippen LogP contribution in [0.3, 0.4) is 0 Å². The fraction of sp³-hybridized carbons (Fsp3) is 0.800. The van der Waals surface area contributed by atoms with Crippen LogP contribution in [0.15, 0.2) is 0 Å². The van der Waals surface area contributed by atoms with Gasteiger partial charge in [-0.25, -0.2) is 0 Å². The number of amides is 1. The van der Waals surface area contributed by atoms with Crippen LogP contribution in [0.2, 0.25) is 0 Å². The predicted molar refractivity (Wildman–Crippen MR) is 51.7 cm³/mol. The number of carbonyl (C=O) groups is 2. The number of rotatable bonds is 5. The van der Waals surface area contributed by atoms with Crippen LogP contribution in [0.25, 0.3) is 0 Å². The van der Waals surface area contributed by atoms with E-state index in [9.17, 15) is 9.59 Å². The maximum absolute atomic E-state index is 11.5. The summed E-state index contributed by atoms with van der Waals surface area (Å²) in [6, 6.07) is -0.215. The first-order valence-electron chi connectivity index (χ1n) is 5.06. The SMILES string of the molecule is CCC(CC(=O)O)NC(=O)C1CC1C. The highest BCUT2D eigenvalue weighted by atomic mass is 16.4. The van der Waals surface area contributed by atoms with E-state index in [1.165, 1.54) is 0 Å². The molecular formula is C10H17NO3. The monoisotopic (exact) mass is 199 g/mol. The van der Waals surface area contributed by atoms with Crippen molar-refractivity contribution in [1.29, 1.82) is 0 Å². The molecule has 1 fully saturated rings. The van der Waals surface area contributed by atoms with Gasteiger partial charge in [0.25, 0.3) is 0 Å². The minimum Gasteiger partial charge on any atom is -0.481 e. The van der Waals surface area contributed by atoms with Crippen LogP contribution in [0.5, 0.6) is 0 Å². The molecule has 0 heterocycles. The molecule has 3 atom stereocenters. The predicted octanol–water partition coefficient (Wildman–Crippen LogP) is 1.01. The summed E-state index contributed by atoms with van der Waals surface area (Å²) in [5, 5.41) is 11.4. The van der Waals surface area contributed by atoms with Gasteiger partial charge >= 0.3 is 5.97 Å². The van der Waals surface area contributed by atoms with Crippen molar-refractivity contribution in [2.24, 2.45) is 11.8 Å².